The van der Waals surface area contributed by atoms with E-state index in [-0.39, 0.29) is 39.3 Å². The van der Waals surface area contributed by atoms with E-state index in [1.54, 1.807) is 19.1 Å². The van der Waals surface area contributed by atoms with Crippen LogP contribution in [0.25, 0.3) is 11.1 Å². The first-order chi connectivity index (χ1) is 28.2. The molecule has 3 atom stereocenters. The van der Waals surface area contributed by atoms with Crippen molar-refractivity contribution in [3.8, 4) is 11.1 Å². The Hall–Kier alpha value is -4.91. The number of fused-ring (bicyclic) bond motifs is 3. The van der Waals surface area contributed by atoms with Crippen LogP contribution in [0.3, 0.4) is 0 Å². The molecule has 57 heavy (non-hydrogen) atoms. The molecule has 0 N–H and O–H groups in total. The molecule has 10 nitrogen and oxygen atoms in total. The van der Waals surface area contributed by atoms with Crippen molar-refractivity contribution in [2.24, 2.45) is 0 Å². The van der Waals surface area contributed by atoms with Crippen molar-refractivity contribution < 1.29 is 42.7 Å². The summed E-state index contributed by atoms with van der Waals surface area (Å²) in [5.41, 5.74) is 6.35. The average molecular weight is 774 g/mol. The van der Waals surface area contributed by atoms with Crippen LogP contribution in [0.1, 0.15) is 33.7 Å². The van der Waals surface area contributed by atoms with Crippen LogP contribution in [0.5, 0.6) is 0 Å². The third-order valence-corrected chi connectivity index (χ3v) is 10.7. The summed E-state index contributed by atoms with van der Waals surface area (Å²) >= 11 is 0. The summed E-state index contributed by atoms with van der Waals surface area (Å²) in [7, 11) is 3.23. The van der Waals surface area contributed by atoms with Gasteiger partial charge in [-0.05, 0) is 38.9 Å². The molecule has 0 aromatic heterocycles. The van der Waals surface area contributed by atoms with Gasteiger partial charge in [0.25, 0.3) is 0 Å². The van der Waals surface area contributed by atoms with Crippen LogP contribution in [0.4, 0.5) is 4.79 Å². The molecule has 5 aromatic carbocycles. The van der Waals surface area contributed by atoms with E-state index in [4.69, 9.17) is 37.9 Å². The summed E-state index contributed by atoms with van der Waals surface area (Å²) in [6.07, 6.45) is -1.75. The van der Waals surface area contributed by atoms with E-state index in [1.807, 2.05) is 78.9 Å². The van der Waals surface area contributed by atoms with Gasteiger partial charge in [-0.15, -0.1) is 0 Å². The topological polar surface area (TPSA) is 94.2 Å². The maximum absolute atomic E-state index is 14.5. The first kappa shape index (κ1) is 40.3. The van der Waals surface area contributed by atoms with E-state index in [0.717, 1.165) is 38.9 Å². The maximum atomic E-state index is 14.5. The Bertz CT molecular complexity index is 1840. The summed E-state index contributed by atoms with van der Waals surface area (Å²) in [5, 5.41) is 0. The average Bonchev–Trinajstić information content (AvgIpc) is 3.78. The molecule has 1 amide bonds. The highest BCUT2D eigenvalue weighted by Crippen LogP contribution is 2.45. The third kappa shape index (κ3) is 9.14. The number of nitrogens with zero attached hydrogens (tertiary/aromatic N) is 1. The standard InChI is InChI=1S/C47H51NO9/c1-50-26-28-52-33-55-44-30-48(46(49)54-31-42-40-24-14-12-22-38(40)39-23-13-15-25-41(39)42)43(45(44)56-34-53-29-27-51-2)32-57-47(35-16-6-3-7-17-35,36-18-8-4-9-19-36)37-20-10-5-11-21-37/h3-25,42-45H,26-34H2,1-2H3/t43-,44+,45+/m1/s1. The van der Waals surface area contributed by atoms with Crippen molar-refractivity contribution in [2.75, 3.05) is 74.0 Å². The number of rotatable bonds is 20. The largest absolute Gasteiger partial charge is 0.448 e. The van der Waals surface area contributed by atoms with Gasteiger partial charge in [-0.2, -0.15) is 0 Å². The highest BCUT2D eigenvalue weighted by molar-refractivity contribution is 5.79. The van der Waals surface area contributed by atoms with Crippen LogP contribution in [0, 0.1) is 0 Å². The second-order valence-corrected chi connectivity index (χ2v) is 14.0. The van der Waals surface area contributed by atoms with Crippen molar-refractivity contribution in [2.45, 2.75) is 29.8 Å². The molecule has 10 heteroatoms. The Morgan fingerprint density at radius 3 is 1.58 bits per heavy atom. The zero-order chi connectivity index (χ0) is 39.3. The smallest absolute Gasteiger partial charge is 0.410 e. The molecule has 0 bridgehead atoms. The zero-order valence-electron chi connectivity index (χ0n) is 32.6. The van der Waals surface area contributed by atoms with Gasteiger partial charge >= 0.3 is 6.09 Å². The first-order valence-corrected chi connectivity index (χ1v) is 19.4. The molecule has 0 saturated carbocycles. The van der Waals surface area contributed by atoms with Gasteiger partial charge in [-0.3, -0.25) is 4.90 Å². The molecule has 1 aliphatic heterocycles. The van der Waals surface area contributed by atoms with Gasteiger partial charge in [-0.1, -0.05) is 140 Å². The van der Waals surface area contributed by atoms with Gasteiger partial charge in [-0.25, -0.2) is 4.79 Å². The number of likely N-dealkylation sites (tertiary alicyclic amines) is 1. The maximum Gasteiger partial charge on any atom is 0.410 e. The van der Waals surface area contributed by atoms with E-state index in [1.165, 1.54) is 0 Å². The molecule has 298 valence electrons. The van der Waals surface area contributed by atoms with Crippen LogP contribution in [0.15, 0.2) is 140 Å². The van der Waals surface area contributed by atoms with E-state index in [9.17, 15) is 4.79 Å². The summed E-state index contributed by atoms with van der Waals surface area (Å²) in [4.78, 5) is 16.2. The molecule has 0 radical (unpaired) electrons. The highest BCUT2D eigenvalue weighted by Gasteiger charge is 2.49. The van der Waals surface area contributed by atoms with Crippen molar-refractivity contribution in [1.82, 2.24) is 4.90 Å². The molecular formula is C47H51NO9. The summed E-state index contributed by atoms with van der Waals surface area (Å²) in [6, 6.07) is 46.4. The molecule has 2 aliphatic rings. The molecule has 0 unspecified atom stereocenters. The second-order valence-electron chi connectivity index (χ2n) is 14.0. The van der Waals surface area contributed by atoms with Gasteiger partial charge in [0.05, 0.1) is 45.6 Å². The Labute approximate surface area is 335 Å². The lowest BCUT2D eigenvalue weighted by atomic mass is 9.80. The minimum atomic E-state index is -1.04. The molecular weight excluding hydrogens is 723 g/mol. The van der Waals surface area contributed by atoms with Crippen LogP contribution >= 0.6 is 0 Å². The number of carbonyl (C=O) groups is 1. The number of amides is 1. The normalized spacial score (nSPS) is 17.7. The van der Waals surface area contributed by atoms with Gasteiger partial charge < -0.3 is 37.9 Å². The Balaban J connectivity index is 1.22. The second kappa shape index (κ2) is 20.0. The number of methoxy groups -OCH3 is 2. The van der Waals surface area contributed by atoms with Gasteiger partial charge in [0.2, 0.25) is 0 Å². The summed E-state index contributed by atoms with van der Waals surface area (Å²) in [5.74, 6) is -0.108. The molecule has 1 aliphatic carbocycles. The minimum absolute atomic E-state index is 0.0213. The summed E-state index contributed by atoms with van der Waals surface area (Å²) in [6.45, 7) is 1.86. The fraction of sp³-hybridized carbons (Fsp3) is 0.340. The van der Waals surface area contributed by atoms with E-state index in [0.29, 0.717) is 26.4 Å². The first-order valence-electron chi connectivity index (χ1n) is 19.4. The summed E-state index contributed by atoms with van der Waals surface area (Å²) < 4.78 is 48.2. The molecule has 1 saturated heterocycles. The SMILES string of the molecule is COCCOCO[C@@H]1[C@@H](OCOCCOC)CN(C(=O)OCC2c3ccccc3-c3ccccc32)[C@@H]1COC(c1ccccc1)(c1ccccc1)c1ccccc1. The lowest BCUT2D eigenvalue weighted by molar-refractivity contribution is -0.167. The molecule has 5 aromatic rings. The van der Waals surface area contributed by atoms with Crippen molar-refractivity contribution >= 4 is 6.09 Å². The molecule has 1 heterocycles. The quantitative estimate of drug-likeness (QED) is 0.0450. The number of carbonyl (C=O) groups excluding carboxylic acids is 1. The molecule has 7 rings (SSSR count). The fourth-order valence-corrected chi connectivity index (χ4v) is 7.94. The lowest BCUT2D eigenvalue weighted by Gasteiger charge is -2.38. The fourth-order valence-electron chi connectivity index (χ4n) is 7.94. The van der Waals surface area contributed by atoms with Crippen molar-refractivity contribution in [1.29, 1.82) is 0 Å². The zero-order valence-corrected chi connectivity index (χ0v) is 32.6. The van der Waals surface area contributed by atoms with Gasteiger partial charge in [0.15, 0.2) is 0 Å². The number of ether oxygens (including phenoxy) is 8. The van der Waals surface area contributed by atoms with E-state index < -0.39 is 29.9 Å². The van der Waals surface area contributed by atoms with Gasteiger partial charge in [0, 0.05) is 20.1 Å². The number of hydrogen-bond donors (Lipinski definition) is 0. The van der Waals surface area contributed by atoms with E-state index >= 15 is 0 Å². The van der Waals surface area contributed by atoms with E-state index in [2.05, 4.69) is 60.7 Å². The monoisotopic (exact) mass is 773 g/mol. The number of hydrogen-bond acceptors (Lipinski definition) is 9. The lowest BCUT2D eigenvalue weighted by Crippen LogP contribution is -2.47. The third-order valence-electron chi connectivity index (χ3n) is 10.7. The Morgan fingerprint density at radius 2 is 1.07 bits per heavy atom. The van der Waals surface area contributed by atoms with Crippen molar-refractivity contribution in [3.63, 3.8) is 0 Å². The van der Waals surface area contributed by atoms with Crippen LogP contribution < -0.4 is 0 Å². The molecule has 1 fully saturated rings. The predicted octanol–water partition coefficient (Wildman–Crippen LogP) is 7.64. The van der Waals surface area contributed by atoms with Gasteiger partial charge in [0.1, 0.15) is 38.0 Å². The highest BCUT2D eigenvalue weighted by atomic mass is 16.7. The Morgan fingerprint density at radius 1 is 0.596 bits per heavy atom. The van der Waals surface area contributed by atoms with Crippen LogP contribution in [-0.4, -0.2) is 103 Å². The minimum Gasteiger partial charge on any atom is -0.448 e. The van der Waals surface area contributed by atoms with Crippen LogP contribution in [0.2, 0.25) is 0 Å². The Kier molecular flexibility index (Phi) is 14.1. The molecule has 0 spiro atoms. The van der Waals surface area contributed by atoms with Crippen molar-refractivity contribution in [3.05, 3.63) is 167 Å². The number of benzene rings is 5. The predicted molar refractivity (Wildman–Crippen MR) is 216 cm³/mol. The van der Waals surface area contributed by atoms with Crippen LogP contribution in [-0.2, 0) is 43.5 Å².